The number of aliphatic hydroxyl groups excluding tert-OH is 1. The molecule has 0 amide bonds. The molecule has 2 unspecified atom stereocenters. The van der Waals surface area contributed by atoms with Crippen LogP contribution < -0.4 is 4.90 Å². The van der Waals surface area contributed by atoms with Crippen molar-refractivity contribution in [2.45, 2.75) is 53.0 Å². The third-order valence-corrected chi connectivity index (χ3v) is 13.1. The van der Waals surface area contributed by atoms with E-state index in [9.17, 15) is 48.5 Å². The first-order valence-corrected chi connectivity index (χ1v) is 16.7. The molecule has 242 valence electrons. The van der Waals surface area contributed by atoms with Crippen molar-refractivity contribution in [2.24, 2.45) is 0 Å². The van der Waals surface area contributed by atoms with E-state index in [1.807, 2.05) is 0 Å². The van der Waals surface area contributed by atoms with Crippen LogP contribution in [-0.2, 0) is 30.0 Å². The minimum atomic E-state index is -6.39. The number of likely N-dealkylation sites (N-methyl/N-ethyl adjacent to an activating group) is 1. The Kier molecular flexibility index (Phi) is 7.51. The highest BCUT2D eigenvalue weighted by Crippen LogP contribution is 2.58. The van der Waals surface area contributed by atoms with Crippen molar-refractivity contribution in [1.29, 1.82) is 4.78 Å². The van der Waals surface area contributed by atoms with Crippen LogP contribution >= 0.6 is 0 Å². The number of rotatable bonds is 4. The number of fused-ring (bicyclic) bond motifs is 3. The summed E-state index contributed by atoms with van der Waals surface area (Å²) < 4.78 is 157. The lowest BCUT2D eigenvalue weighted by atomic mass is 9.82. The average Bonchev–Trinajstić information content (AvgIpc) is 3.32. The van der Waals surface area contributed by atoms with Crippen molar-refractivity contribution in [3.05, 3.63) is 70.9 Å². The molecule has 0 bridgehead atoms. The number of hydrogen-bond donors (Lipinski definition) is 2. The predicted molar refractivity (Wildman–Crippen MR) is 144 cm³/mol. The van der Waals surface area contributed by atoms with E-state index in [1.54, 1.807) is 0 Å². The minimum absolute atomic E-state index is 0.0289. The molecule has 3 aliphatic rings. The van der Waals surface area contributed by atoms with Crippen LogP contribution in [0.5, 0.6) is 0 Å². The number of sulfone groups is 1. The monoisotopic (exact) mass is 673 g/mol. The van der Waals surface area contributed by atoms with E-state index in [0.717, 1.165) is 30.3 Å². The molecule has 3 aliphatic heterocycles. The molecule has 2 saturated heterocycles. The van der Waals surface area contributed by atoms with Gasteiger partial charge in [0.15, 0.2) is 15.7 Å². The molecule has 3 heterocycles. The lowest BCUT2D eigenvalue weighted by molar-refractivity contribution is -0.348. The molecule has 44 heavy (non-hydrogen) atoms. The van der Waals surface area contributed by atoms with Crippen molar-refractivity contribution in [3.63, 3.8) is 0 Å². The largest absolute Gasteiger partial charge is 0.495 e. The van der Waals surface area contributed by atoms with E-state index in [2.05, 4.69) is 0 Å². The van der Waals surface area contributed by atoms with Gasteiger partial charge in [0.2, 0.25) is 0 Å². The van der Waals surface area contributed by atoms with Gasteiger partial charge in [0, 0.05) is 52.6 Å². The van der Waals surface area contributed by atoms with Gasteiger partial charge in [0.05, 0.1) is 10.9 Å². The van der Waals surface area contributed by atoms with Crippen LogP contribution in [0.4, 0.5) is 40.8 Å². The Bertz CT molecular complexity index is 1690. The number of alkyl halides is 7. The summed E-state index contributed by atoms with van der Waals surface area (Å²) in [7, 11) is -6.18. The Hall–Kier alpha value is -3.08. The molecule has 2 fully saturated rings. The Morgan fingerprint density at radius 2 is 1.57 bits per heavy atom. The topological polar surface area (TPSA) is 102 Å². The van der Waals surface area contributed by atoms with E-state index >= 15 is 4.39 Å². The standard InChI is InChI=1S/C27H27F8N3O4S2/c1-37-15-22-24(44(41,42)19-5-3-18(28)4-6-19,10-11-38(22)23(39)16-8-12-43(36,40)13-9-16)20-7-2-17(14-21(20)37)25(29,26(30,31)32)27(33,34)35/h2-7,14,22,36,39H,8-13,15H2,1H3. The fourth-order valence-electron chi connectivity index (χ4n) is 6.45. The number of nitrogens with zero attached hydrogens (tertiary/aromatic N) is 2. The number of nitrogens with one attached hydrogen (secondary N) is 1. The van der Waals surface area contributed by atoms with Gasteiger partial charge in [-0.05, 0) is 60.7 Å². The van der Waals surface area contributed by atoms with Crippen LogP contribution in [0.1, 0.15) is 30.4 Å². The summed E-state index contributed by atoms with van der Waals surface area (Å²) in [6.07, 6.45) is -12.9. The Labute approximate surface area is 248 Å². The van der Waals surface area contributed by atoms with Crippen molar-refractivity contribution in [3.8, 4) is 0 Å². The summed E-state index contributed by atoms with van der Waals surface area (Å²) in [5.41, 5.74) is -7.71. The number of likely N-dealkylation sites (tertiary alicyclic amines) is 1. The Morgan fingerprint density at radius 1 is 1.00 bits per heavy atom. The maximum atomic E-state index is 15.1. The van der Waals surface area contributed by atoms with Gasteiger partial charge < -0.3 is 14.9 Å². The molecular weight excluding hydrogens is 646 g/mol. The molecule has 2 atom stereocenters. The summed E-state index contributed by atoms with van der Waals surface area (Å²) in [6, 6.07) is 3.93. The second-order valence-corrected chi connectivity index (χ2v) is 15.9. The van der Waals surface area contributed by atoms with E-state index < -0.39 is 59.8 Å². The SMILES string of the molecule is CN1CC2N(C(O)=C3CCS(=N)(=O)CC3)CCC2(S(=O)(=O)c2ccc(F)cc2)c2ccc(C(F)(C(F)(F)F)C(F)(F)F)cc21. The second-order valence-electron chi connectivity index (χ2n) is 11.2. The van der Waals surface area contributed by atoms with Gasteiger partial charge in [-0.15, -0.1) is 0 Å². The second kappa shape index (κ2) is 10.2. The van der Waals surface area contributed by atoms with Crippen LogP contribution in [0.2, 0.25) is 0 Å². The van der Waals surface area contributed by atoms with E-state index in [0.29, 0.717) is 11.6 Å². The minimum Gasteiger partial charge on any atom is -0.495 e. The third kappa shape index (κ3) is 4.72. The summed E-state index contributed by atoms with van der Waals surface area (Å²) in [5.74, 6) is -1.13. The highest BCUT2D eigenvalue weighted by atomic mass is 32.2. The molecule has 2 aromatic rings. The van der Waals surface area contributed by atoms with Gasteiger partial charge in [-0.1, -0.05) is 12.1 Å². The van der Waals surface area contributed by atoms with Gasteiger partial charge in [-0.25, -0.2) is 21.4 Å². The smallest absolute Gasteiger partial charge is 0.435 e. The van der Waals surface area contributed by atoms with Crippen LogP contribution in [-0.4, -0.2) is 72.7 Å². The predicted octanol–water partition coefficient (Wildman–Crippen LogP) is 5.92. The van der Waals surface area contributed by atoms with Crippen molar-refractivity contribution >= 4 is 25.3 Å². The van der Waals surface area contributed by atoms with Crippen LogP contribution in [0.3, 0.4) is 0 Å². The van der Waals surface area contributed by atoms with Crippen molar-refractivity contribution < 1.29 is 52.9 Å². The molecule has 0 spiro atoms. The van der Waals surface area contributed by atoms with Crippen LogP contribution in [0.15, 0.2) is 58.8 Å². The average molecular weight is 674 g/mol. The summed E-state index contributed by atoms with van der Waals surface area (Å²) in [4.78, 5) is 2.20. The molecule has 2 N–H and O–H groups in total. The van der Waals surface area contributed by atoms with Gasteiger partial charge in [-0.3, -0.25) is 4.78 Å². The maximum absolute atomic E-state index is 15.1. The summed E-state index contributed by atoms with van der Waals surface area (Å²) in [6.45, 7) is -0.454. The summed E-state index contributed by atoms with van der Waals surface area (Å²) >= 11 is 0. The first-order valence-electron chi connectivity index (χ1n) is 13.3. The lowest BCUT2D eigenvalue weighted by Crippen LogP contribution is -2.57. The van der Waals surface area contributed by atoms with E-state index in [4.69, 9.17) is 4.78 Å². The number of allylic oxidation sites excluding steroid dienone is 1. The number of aliphatic hydroxyl groups is 1. The van der Waals surface area contributed by atoms with E-state index in [-0.39, 0.29) is 72.0 Å². The van der Waals surface area contributed by atoms with E-state index in [1.165, 1.54) is 16.8 Å². The molecule has 0 saturated carbocycles. The van der Waals surface area contributed by atoms with Crippen molar-refractivity contribution in [2.75, 3.05) is 36.5 Å². The fraction of sp³-hybridized carbons (Fsp3) is 0.481. The number of anilines is 1. The number of halogens is 8. The molecule has 2 aromatic carbocycles. The Balaban J connectivity index is 1.73. The fourth-order valence-corrected chi connectivity index (χ4v) is 10.1. The molecule has 0 aromatic heterocycles. The van der Waals surface area contributed by atoms with Crippen LogP contribution in [0.25, 0.3) is 0 Å². The van der Waals surface area contributed by atoms with Gasteiger partial charge >= 0.3 is 18.0 Å². The normalized spacial score (nSPS) is 26.4. The zero-order chi connectivity index (χ0) is 32.7. The quantitative estimate of drug-likeness (QED) is 0.238. The highest BCUT2D eigenvalue weighted by Gasteiger charge is 2.74. The van der Waals surface area contributed by atoms with Gasteiger partial charge in [0.25, 0.3) is 0 Å². The zero-order valence-corrected chi connectivity index (χ0v) is 24.6. The third-order valence-electron chi connectivity index (χ3n) is 8.79. The molecule has 5 rings (SSSR count). The number of hydrogen-bond acceptors (Lipinski definition) is 7. The maximum Gasteiger partial charge on any atom is 0.435 e. The van der Waals surface area contributed by atoms with Crippen molar-refractivity contribution in [1.82, 2.24) is 4.90 Å². The summed E-state index contributed by atoms with van der Waals surface area (Å²) in [5, 5.41) is 11.3. The molecule has 17 heteroatoms. The zero-order valence-electron chi connectivity index (χ0n) is 23.0. The number of benzene rings is 2. The first kappa shape index (κ1) is 32.3. The van der Waals surface area contributed by atoms with Crippen LogP contribution in [0, 0.1) is 10.6 Å². The van der Waals surface area contributed by atoms with Gasteiger partial charge in [-0.2, -0.15) is 26.3 Å². The lowest BCUT2D eigenvalue weighted by Gasteiger charge is -2.47. The molecular formula is C27H27F8N3O4S2. The Morgan fingerprint density at radius 3 is 2.11 bits per heavy atom. The molecule has 7 nitrogen and oxygen atoms in total. The molecule has 0 aliphatic carbocycles. The van der Waals surface area contributed by atoms with Gasteiger partial charge in [0.1, 0.15) is 10.6 Å². The highest BCUT2D eigenvalue weighted by molar-refractivity contribution is 7.92. The molecule has 0 radical (unpaired) electrons. The first-order chi connectivity index (χ1) is 20.2.